The molecule has 1 aromatic rings. The second-order valence-electron chi connectivity index (χ2n) is 11.9. The Hall–Kier alpha value is -1.39. The molecule has 4 aliphatic rings. The molecule has 0 spiro atoms. The first-order valence-electron chi connectivity index (χ1n) is 13.6. The van der Waals surface area contributed by atoms with Crippen LogP contribution in [-0.4, -0.2) is 36.4 Å². The van der Waals surface area contributed by atoms with Crippen molar-refractivity contribution in [3.05, 3.63) is 35.9 Å². The number of rotatable bonds is 6. The minimum Gasteiger partial charge on any atom is -0.387 e. The van der Waals surface area contributed by atoms with Crippen LogP contribution in [0.5, 0.6) is 0 Å². The molecule has 182 valence electrons. The lowest BCUT2D eigenvalue weighted by Gasteiger charge is -2.57. The van der Waals surface area contributed by atoms with Crippen molar-refractivity contribution >= 4 is 5.91 Å². The van der Waals surface area contributed by atoms with Gasteiger partial charge in [-0.1, -0.05) is 25.1 Å². The van der Waals surface area contributed by atoms with Crippen molar-refractivity contribution < 1.29 is 14.6 Å². The van der Waals surface area contributed by atoms with Gasteiger partial charge in [0.15, 0.2) is 0 Å². The summed E-state index contributed by atoms with van der Waals surface area (Å²) < 4.78 is 5.63. The van der Waals surface area contributed by atoms with Gasteiger partial charge in [-0.2, -0.15) is 0 Å². The van der Waals surface area contributed by atoms with E-state index in [4.69, 9.17) is 4.74 Å². The first kappa shape index (κ1) is 23.4. The van der Waals surface area contributed by atoms with E-state index < -0.39 is 5.60 Å². The molecule has 4 heteroatoms. The second-order valence-corrected chi connectivity index (χ2v) is 11.9. The third kappa shape index (κ3) is 4.38. The minimum atomic E-state index is -0.595. The molecule has 4 fully saturated rings. The highest BCUT2D eigenvalue weighted by molar-refractivity contribution is 5.94. The Labute approximate surface area is 199 Å². The van der Waals surface area contributed by atoms with Crippen LogP contribution in [0.2, 0.25) is 0 Å². The van der Waals surface area contributed by atoms with Crippen molar-refractivity contribution in [3.8, 4) is 0 Å². The molecule has 5 rings (SSSR count). The number of hydrogen-bond acceptors (Lipinski definition) is 3. The zero-order valence-electron chi connectivity index (χ0n) is 20.6. The van der Waals surface area contributed by atoms with Crippen LogP contribution in [0.3, 0.4) is 0 Å². The lowest BCUT2D eigenvalue weighted by Crippen LogP contribution is -2.52. The summed E-state index contributed by atoms with van der Waals surface area (Å²) in [5, 5.41) is 14.4. The maximum atomic E-state index is 12.6. The van der Waals surface area contributed by atoms with E-state index in [9.17, 15) is 9.90 Å². The summed E-state index contributed by atoms with van der Waals surface area (Å²) >= 11 is 0. The van der Waals surface area contributed by atoms with Gasteiger partial charge in [0, 0.05) is 18.7 Å². The lowest BCUT2D eigenvalue weighted by atomic mass is 9.49. The van der Waals surface area contributed by atoms with Gasteiger partial charge >= 0.3 is 0 Å². The van der Waals surface area contributed by atoms with Gasteiger partial charge in [0.05, 0.1) is 12.2 Å². The van der Waals surface area contributed by atoms with Gasteiger partial charge < -0.3 is 15.2 Å². The molecule has 0 saturated heterocycles. The summed E-state index contributed by atoms with van der Waals surface area (Å²) in [6.07, 6.45) is 10.9. The minimum absolute atomic E-state index is 0.0681. The van der Waals surface area contributed by atoms with E-state index in [0.29, 0.717) is 30.5 Å². The number of carbonyl (C=O) groups excluding carboxylic acids is 1. The normalized spacial score (nSPS) is 42.2. The molecule has 0 aliphatic heterocycles. The molecule has 4 aliphatic carbocycles. The van der Waals surface area contributed by atoms with Crippen molar-refractivity contribution in [3.63, 3.8) is 0 Å². The highest BCUT2D eigenvalue weighted by Gasteiger charge is 2.57. The quantitative estimate of drug-likeness (QED) is 0.602. The average Bonchev–Trinajstić information content (AvgIpc) is 3.17. The molecule has 33 heavy (non-hydrogen) atoms. The van der Waals surface area contributed by atoms with Crippen molar-refractivity contribution in [2.75, 3.05) is 19.8 Å². The molecule has 1 aromatic carbocycles. The van der Waals surface area contributed by atoms with Gasteiger partial charge in [0.25, 0.3) is 5.91 Å². The van der Waals surface area contributed by atoms with Crippen molar-refractivity contribution in [1.82, 2.24) is 5.32 Å². The standard InChI is InChI=1S/C29H43NO3/c1-3-33-19-29(32)16-14-23-21(17-29)9-11-25-24(23)13-15-28(2)22(10-12-26(25)28)18-30-27(31)20-7-5-4-6-8-20/h4-8,21-26,32H,3,9-19H2,1-2H3,(H,30,31)/t21-,22+,23-,24+,25+,26-,28+,29+/m0/s1. The van der Waals surface area contributed by atoms with E-state index in [-0.39, 0.29) is 5.91 Å². The first-order chi connectivity index (χ1) is 15.9. The first-order valence-corrected chi connectivity index (χ1v) is 13.6. The summed E-state index contributed by atoms with van der Waals surface area (Å²) in [6, 6.07) is 9.62. The van der Waals surface area contributed by atoms with Gasteiger partial charge in [-0.05, 0) is 118 Å². The van der Waals surface area contributed by atoms with E-state index in [0.717, 1.165) is 48.6 Å². The summed E-state index contributed by atoms with van der Waals surface area (Å²) in [4.78, 5) is 12.6. The van der Waals surface area contributed by atoms with E-state index in [1.165, 1.54) is 44.9 Å². The predicted octanol–water partition coefficient (Wildman–Crippen LogP) is 5.45. The van der Waals surface area contributed by atoms with E-state index >= 15 is 0 Å². The number of amides is 1. The van der Waals surface area contributed by atoms with E-state index in [2.05, 4.69) is 12.2 Å². The predicted molar refractivity (Wildman–Crippen MR) is 131 cm³/mol. The Morgan fingerprint density at radius 1 is 1.03 bits per heavy atom. The number of aliphatic hydroxyl groups is 1. The summed E-state index contributed by atoms with van der Waals surface area (Å²) in [7, 11) is 0. The molecule has 0 radical (unpaired) electrons. The fourth-order valence-electron chi connectivity index (χ4n) is 8.74. The third-order valence-electron chi connectivity index (χ3n) is 10.4. The lowest BCUT2D eigenvalue weighted by molar-refractivity contribution is -0.128. The summed E-state index contributed by atoms with van der Waals surface area (Å²) in [5.74, 6) is 4.63. The highest BCUT2D eigenvalue weighted by Crippen LogP contribution is 2.64. The molecule has 4 nitrogen and oxygen atoms in total. The Kier molecular flexibility index (Phi) is 6.61. The zero-order valence-corrected chi connectivity index (χ0v) is 20.6. The zero-order chi connectivity index (χ0) is 23.1. The van der Waals surface area contributed by atoms with Crippen molar-refractivity contribution in [1.29, 1.82) is 0 Å². The molecule has 0 bridgehead atoms. The van der Waals surface area contributed by atoms with Crippen molar-refractivity contribution in [2.45, 2.75) is 77.2 Å². The molecule has 8 atom stereocenters. The number of fused-ring (bicyclic) bond motifs is 5. The molecule has 2 N–H and O–H groups in total. The van der Waals surface area contributed by atoms with E-state index in [1.807, 2.05) is 37.3 Å². The Bertz CT molecular complexity index is 827. The second kappa shape index (κ2) is 9.34. The topological polar surface area (TPSA) is 58.6 Å². The number of hydrogen-bond donors (Lipinski definition) is 2. The maximum absolute atomic E-state index is 12.6. The fraction of sp³-hybridized carbons (Fsp3) is 0.759. The molecular formula is C29H43NO3. The summed E-state index contributed by atoms with van der Waals surface area (Å²) in [5.41, 5.74) is 0.533. The number of benzene rings is 1. The fourth-order valence-corrected chi connectivity index (χ4v) is 8.74. The molecule has 0 aromatic heterocycles. The van der Waals surface area contributed by atoms with Crippen LogP contribution in [0.4, 0.5) is 0 Å². The number of carbonyl (C=O) groups is 1. The molecule has 0 unspecified atom stereocenters. The van der Waals surface area contributed by atoms with Gasteiger partial charge in [-0.25, -0.2) is 0 Å². The smallest absolute Gasteiger partial charge is 0.251 e. The third-order valence-corrected chi connectivity index (χ3v) is 10.4. The Balaban J connectivity index is 1.21. The number of nitrogens with one attached hydrogen (secondary N) is 1. The SMILES string of the molecule is CCOC[C@@]1(O)CC[C@H]2[C@@H](CC[C@@H]3[C@@H]2CC[C@]2(C)[C@@H](CNC(=O)c4ccccc4)CC[C@@H]32)C1. The van der Waals surface area contributed by atoms with Crippen LogP contribution in [-0.2, 0) is 4.74 Å². The van der Waals surface area contributed by atoms with Gasteiger partial charge in [0.1, 0.15) is 0 Å². The van der Waals surface area contributed by atoms with Gasteiger partial charge in [0.2, 0.25) is 0 Å². The van der Waals surface area contributed by atoms with Crippen LogP contribution in [0.1, 0.15) is 82.0 Å². The molecular weight excluding hydrogens is 410 g/mol. The van der Waals surface area contributed by atoms with Gasteiger partial charge in [-0.15, -0.1) is 0 Å². The highest BCUT2D eigenvalue weighted by atomic mass is 16.5. The Morgan fingerprint density at radius 2 is 1.82 bits per heavy atom. The van der Waals surface area contributed by atoms with Crippen LogP contribution in [0.15, 0.2) is 30.3 Å². The van der Waals surface area contributed by atoms with Crippen LogP contribution < -0.4 is 5.32 Å². The van der Waals surface area contributed by atoms with E-state index in [1.54, 1.807) is 0 Å². The average molecular weight is 454 g/mol. The molecule has 1 amide bonds. The Morgan fingerprint density at radius 3 is 2.61 bits per heavy atom. The van der Waals surface area contributed by atoms with Crippen LogP contribution in [0.25, 0.3) is 0 Å². The largest absolute Gasteiger partial charge is 0.387 e. The summed E-state index contributed by atoms with van der Waals surface area (Å²) in [6.45, 7) is 6.57. The van der Waals surface area contributed by atoms with Crippen LogP contribution in [0, 0.1) is 40.9 Å². The van der Waals surface area contributed by atoms with Gasteiger partial charge in [-0.3, -0.25) is 4.79 Å². The number of ether oxygens (including phenoxy) is 1. The van der Waals surface area contributed by atoms with Crippen LogP contribution >= 0.6 is 0 Å². The molecule has 4 saturated carbocycles. The van der Waals surface area contributed by atoms with Crippen molar-refractivity contribution in [2.24, 2.45) is 40.9 Å². The monoisotopic (exact) mass is 453 g/mol. The molecule has 0 heterocycles. The maximum Gasteiger partial charge on any atom is 0.251 e.